The van der Waals surface area contributed by atoms with E-state index in [9.17, 15) is 24.2 Å². The summed E-state index contributed by atoms with van der Waals surface area (Å²) in [4.78, 5) is 35.2. The lowest BCUT2D eigenvalue weighted by molar-refractivity contribution is -0.0947. The molecule has 0 aliphatic carbocycles. The van der Waals surface area contributed by atoms with Gasteiger partial charge in [-0.2, -0.15) is 4.31 Å². The van der Waals surface area contributed by atoms with Gasteiger partial charge in [-0.1, -0.05) is 29.5 Å². The van der Waals surface area contributed by atoms with Gasteiger partial charge in [0, 0.05) is 11.8 Å². The lowest BCUT2D eigenvalue weighted by Crippen LogP contribution is -2.44. The first-order chi connectivity index (χ1) is 17.2. The molecule has 1 aliphatic heterocycles. The fraction of sp³-hybridized carbons (Fsp3) is 0.333. The molecule has 0 spiro atoms. The van der Waals surface area contributed by atoms with Crippen molar-refractivity contribution < 1.29 is 47.6 Å². The van der Waals surface area contributed by atoms with E-state index in [1.165, 1.54) is 24.0 Å². The van der Waals surface area contributed by atoms with E-state index < -0.39 is 46.3 Å². The number of nitrogen functional groups attached to an aromatic ring is 1. The molecule has 14 nitrogen and oxygen atoms in total. The van der Waals surface area contributed by atoms with Gasteiger partial charge in [0.15, 0.2) is 6.23 Å². The van der Waals surface area contributed by atoms with Crippen LogP contribution in [0, 0.1) is 18.8 Å². The number of hydrogen-bond donors (Lipinski definition) is 6. The highest BCUT2D eigenvalue weighted by Gasteiger charge is 2.54. The quantitative estimate of drug-likeness (QED) is 0.185. The van der Waals surface area contributed by atoms with Crippen molar-refractivity contribution in [2.24, 2.45) is 0 Å². The van der Waals surface area contributed by atoms with Crippen LogP contribution in [0.5, 0.6) is 0 Å². The Kier molecular flexibility index (Phi) is 7.33. The zero-order valence-corrected chi connectivity index (χ0v) is 21.3. The van der Waals surface area contributed by atoms with Crippen LogP contribution >= 0.6 is 15.6 Å². The van der Waals surface area contributed by atoms with E-state index in [2.05, 4.69) is 30.6 Å². The summed E-state index contributed by atoms with van der Waals surface area (Å²) >= 11 is 0. The van der Waals surface area contributed by atoms with Crippen LogP contribution in [-0.4, -0.2) is 63.8 Å². The SMILES string of the molecule is Cc1ccc(C#Cc2cn([C@@H]3O[C@H](COP(=O)(O)OP(=O)(O)O)[C@@H](O)[C@@]3(C)O)c3ncnc(N)c23)cc1. The molecule has 1 aliphatic rings. The highest BCUT2D eigenvalue weighted by molar-refractivity contribution is 7.60. The molecule has 0 amide bonds. The molecule has 2 aromatic heterocycles. The van der Waals surface area contributed by atoms with E-state index in [1.807, 2.05) is 31.2 Å². The lowest BCUT2D eigenvalue weighted by atomic mass is 9.96. The number of aliphatic hydroxyl groups excluding tert-OH is 1. The molecule has 1 saturated heterocycles. The summed E-state index contributed by atoms with van der Waals surface area (Å²) in [5.41, 5.74) is 6.56. The van der Waals surface area contributed by atoms with Crippen molar-refractivity contribution in [1.82, 2.24) is 14.5 Å². The molecule has 16 heteroatoms. The Morgan fingerprint density at radius 2 is 1.86 bits per heavy atom. The van der Waals surface area contributed by atoms with Crippen LogP contribution in [0.4, 0.5) is 5.82 Å². The second kappa shape index (κ2) is 9.90. The highest BCUT2D eigenvalue weighted by Crippen LogP contribution is 2.58. The molecule has 5 atom stereocenters. The van der Waals surface area contributed by atoms with E-state index in [-0.39, 0.29) is 11.5 Å². The number of nitrogens with two attached hydrogens (primary N) is 1. The van der Waals surface area contributed by atoms with E-state index in [4.69, 9.17) is 20.3 Å². The van der Waals surface area contributed by atoms with Crippen molar-refractivity contribution in [2.75, 3.05) is 12.3 Å². The number of phosphoric ester groups is 1. The molecular formula is C21H24N4O10P2. The molecule has 1 aromatic carbocycles. The molecule has 7 N–H and O–H groups in total. The summed E-state index contributed by atoms with van der Waals surface area (Å²) in [6, 6.07) is 7.52. The average molecular weight is 554 g/mol. The molecule has 1 fully saturated rings. The Balaban J connectivity index is 1.67. The standard InChI is InChI=1S/C21H24N4O10P2/c1-12-3-5-13(6-4-12)7-8-14-9-25(19-16(14)18(22)23-11-24-19)20-21(2,27)17(26)15(34-20)10-33-37(31,32)35-36(28,29)30/h3-6,9,11,15,17,20,26-27H,10H2,1-2H3,(H,31,32)(H2,22,23,24)(H2,28,29,30)/t15-,17-,20-,21-/m1/s1. The molecule has 4 rings (SSSR count). The van der Waals surface area contributed by atoms with Crippen molar-refractivity contribution in [3.63, 3.8) is 0 Å². The predicted octanol–water partition coefficient (Wildman–Crippen LogP) is 0.957. The minimum atomic E-state index is -5.34. The summed E-state index contributed by atoms with van der Waals surface area (Å²) in [6.45, 7) is 2.37. The van der Waals surface area contributed by atoms with Crippen molar-refractivity contribution in [3.8, 4) is 11.8 Å². The fourth-order valence-electron chi connectivity index (χ4n) is 3.86. The number of anilines is 1. The first kappa shape index (κ1) is 27.4. The number of benzene rings is 1. The first-order valence-corrected chi connectivity index (χ1v) is 13.7. The molecule has 37 heavy (non-hydrogen) atoms. The highest BCUT2D eigenvalue weighted by atomic mass is 31.3. The maximum Gasteiger partial charge on any atom is 0.481 e. The molecule has 0 bridgehead atoms. The van der Waals surface area contributed by atoms with E-state index in [0.29, 0.717) is 10.9 Å². The second-order valence-corrected chi connectivity index (χ2v) is 11.4. The Morgan fingerprint density at radius 3 is 2.51 bits per heavy atom. The van der Waals surface area contributed by atoms with Crippen LogP contribution in [0.1, 0.15) is 29.8 Å². The lowest BCUT2D eigenvalue weighted by Gasteiger charge is -2.27. The van der Waals surface area contributed by atoms with Crippen molar-refractivity contribution in [2.45, 2.75) is 37.9 Å². The number of rotatable bonds is 6. The van der Waals surface area contributed by atoms with Gasteiger partial charge in [-0.15, -0.1) is 0 Å². The zero-order chi connectivity index (χ0) is 27.2. The monoisotopic (exact) mass is 554 g/mol. The summed E-state index contributed by atoms with van der Waals surface area (Å²) in [5, 5.41) is 22.1. The molecule has 3 heterocycles. The summed E-state index contributed by atoms with van der Waals surface area (Å²) < 4.78 is 38.1. The average Bonchev–Trinajstić information content (AvgIpc) is 3.26. The van der Waals surface area contributed by atoms with E-state index in [1.54, 1.807) is 0 Å². The van der Waals surface area contributed by atoms with Gasteiger partial charge in [0.05, 0.1) is 17.6 Å². The van der Waals surface area contributed by atoms with Gasteiger partial charge in [-0.25, -0.2) is 19.1 Å². The molecule has 198 valence electrons. The van der Waals surface area contributed by atoms with Gasteiger partial charge >= 0.3 is 15.6 Å². The van der Waals surface area contributed by atoms with Crippen LogP contribution in [0.15, 0.2) is 36.8 Å². The minimum absolute atomic E-state index is 0.117. The Bertz CT molecular complexity index is 1470. The Labute approximate surface area is 210 Å². The molecule has 3 aromatic rings. The minimum Gasteiger partial charge on any atom is -0.387 e. The number of aryl methyl sites for hydroxylation is 1. The number of hydrogen-bond acceptors (Lipinski definition) is 10. The summed E-state index contributed by atoms with van der Waals surface area (Å²) in [7, 11) is -10.6. The van der Waals surface area contributed by atoms with Crippen molar-refractivity contribution >= 4 is 32.5 Å². The number of fused-ring (bicyclic) bond motifs is 1. The van der Waals surface area contributed by atoms with Crippen LogP contribution < -0.4 is 5.73 Å². The third-order valence-electron chi connectivity index (χ3n) is 5.65. The Morgan fingerprint density at radius 1 is 1.19 bits per heavy atom. The predicted molar refractivity (Wildman–Crippen MR) is 129 cm³/mol. The third-order valence-corrected chi connectivity index (χ3v) is 7.80. The number of aromatic nitrogens is 3. The van der Waals surface area contributed by atoms with Crippen LogP contribution in [-0.2, 0) is 22.7 Å². The maximum absolute atomic E-state index is 11.8. The molecule has 0 saturated carbocycles. The number of aliphatic hydroxyl groups is 2. The second-order valence-electron chi connectivity index (χ2n) is 8.56. The van der Waals surface area contributed by atoms with Gasteiger partial charge in [0.2, 0.25) is 0 Å². The molecular weight excluding hydrogens is 530 g/mol. The molecule has 1 unspecified atom stereocenters. The smallest absolute Gasteiger partial charge is 0.387 e. The summed E-state index contributed by atoms with van der Waals surface area (Å²) in [5.74, 6) is 6.15. The van der Waals surface area contributed by atoms with E-state index >= 15 is 0 Å². The zero-order valence-electron chi connectivity index (χ0n) is 19.5. The maximum atomic E-state index is 11.8. The van der Waals surface area contributed by atoms with Crippen molar-refractivity contribution in [1.29, 1.82) is 0 Å². The largest absolute Gasteiger partial charge is 0.481 e. The Hall–Kier alpha value is -2.66. The van der Waals surface area contributed by atoms with Crippen LogP contribution in [0.2, 0.25) is 0 Å². The summed E-state index contributed by atoms with van der Waals surface area (Å²) in [6.07, 6.45) is -1.65. The van der Waals surface area contributed by atoms with Gasteiger partial charge in [0.25, 0.3) is 0 Å². The molecule has 0 radical (unpaired) electrons. The topological polar surface area (TPSA) is 220 Å². The van der Waals surface area contributed by atoms with Crippen LogP contribution in [0.25, 0.3) is 11.0 Å². The van der Waals surface area contributed by atoms with Crippen molar-refractivity contribution in [3.05, 3.63) is 53.5 Å². The van der Waals surface area contributed by atoms with E-state index in [0.717, 1.165) is 11.1 Å². The number of phosphoric acid groups is 2. The van der Waals surface area contributed by atoms with Gasteiger partial charge in [-0.3, -0.25) is 4.52 Å². The van der Waals surface area contributed by atoms with Gasteiger partial charge < -0.3 is 39.9 Å². The number of ether oxygens (including phenoxy) is 1. The third kappa shape index (κ3) is 5.93. The normalized spacial score (nSPS) is 25.5. The first-order valence-electron chi connectivity index (χ1n) is 10.7. The van der Waals surface area contributed by atoms with Gasteiger partial charge in [-0.05, 0) is 26.0 Å². The van der Waals surface area contributed by atoms with Crippen LogP contribution in [0.3, 0.4) is 0 Å². The number of nitrogens with zero attached hydrogens (tertiary/aromatic N) is 3. The van der Waals surface area contributed by atoms with Gasteiger partial charge in [0.1, 0.15) is 35.6 Å². The fourth-order valence-corrected chi connectivity index (χ4v) is 5.46.